The summed E-state index contributed by atoms with van der Waals surface area (Å²) in [6.45, 7) is 3.23. The van der Waals surface area contributed by atoms with Gasteiger partial charge in [0, 0.05) is 18.6 Å². The van der Waals surface area contributed by atoms with Gasteiger partial charge in [-0.2, -0.15) is 0 Å². The van der Waals surface area contributed by atoms with E-state index in [-0.39, 0.29) is 22.3 Å². The molecule has 0 aliphatic rings. The molecule has 108 valence electrons. The molecule has 0 saturated carbocycles. The number of aromatic nitrogens is 2. The van der Waals surface area contributed by atoms with Crippen LogP contribution in [0.25, 0.3) is 10.9 Å². The number of hydrazine groups is 1. The molecule has 0 unspecified atom stereocenters. The second-order valence-electron chi connectivity index (χ2n) is 3.90. The van der Waals surface area contributed by atoms with Crippen molar-refractivity contribution in [3.05, 3.63) is 36.2 Å². The van der Waals surface area contributed by atoms with Crippen molar-refractivity contribution in [3.8, 4) is 0 Å². The van der Waals surface area contributed by atoms with Gasteiger partial charge in [0.1, 0.15) is 0 Å². The minimum atomic E-state index is -1.69. The van der Waals surface area contributed by atoms with Crippen LogP contribution in [0.4, 0.5) is 10.2 Å². The summed E-state index contributed by atoms with van der Waals surface area (Å²) in [6, 6.07) is 0. The molecule has 0 aromatic carbocycles. The molecule has 21 heavy (non-hydrogen) atoms. The van der Waals surface area contributed by atoms with E-state index in [1.165, 1.54) is 12.4 Å². The number of anilines is 1. The lowest BCUT2D eigenvalue weighted by Gasteiger charge is -2.12. The number of aromatic amines is 1. The number of pyridine rings is 1. The van der Waals surface area contributed by atoms with Gasteiger partial charge >= 0.3 is 5.97 Å². The number of carboxylic acids is 1. The number of ketones is 1. The number of aliphatic carboxylic acids is 1. The summed E-state index contributed by atoms with van der Waals surface area (Å²) in [5.74, 6) is 2.04. The second-order valence-corrected chi connectivity index (χ2v) is 3.90. The number of carboxylic acid groups (broad SMARTS) is 1. The molecular formula is C12H10FN5O3. The Morgan fingerprint density at radius 2 is 2.29 bits per heavy atom. The quantitative estimate of drug-likeness (QED) is 0.246. The number of rotatable bonds is 5. The van der Waals surface area contributed by atoms with E-state index in [0.717, 1.165) is 17.4 Å². The third-order valence-electron chi connectivity index (χ3n) is 2.66. The Bertz CT molecular complexity index is 768. The van der Waals surface area contributed by atoms with Crippen molar-refractivity contribution in [2.24, 2.45) is 10.8 Å². The fraction of sp³-hybridized carbons (Fsp3) is 0. The second kappa shape index (κ2) is 5.51. The van der Waals surface area contributed by atoms with E-state index in [0.29, 0.717) is 0 Å². The van der Waals surface area contributed by atoms with Crippen LogP contribution in [-0.4, -0.2) is 33.5 Å². The summed E-state index contributed by atoms with van der Waals surface area (Å²) in [4.78, 5) is 32.1. The van der Waals surface area contributed by atoms with Gasteiger partial charge in [0.15, 0.2) is 11.6 Å². The number of carbonyl (C=O) groups is 2. The van der Waals surface area contributed by atoms with Crippen LogP contribution in [0, 0.1) is 5.82 Å². The van der Waals surface area contributed by atoms with Crippen LogP contribution in [0.15, 0.2) is 29.8 Å². The molecular weight excluding hydrogens is 281 g/mol. The molecule has 4 N–H and O–H groups in total. The molecule has 0 radical (unpaired) electrons. The number of aliphatic imine (C=N–C) groups is 1. The molecule has 0 saturated heterocycles. The average molecular weight is 291 g/mol. The number of carbonyl (C=O) groups excluding carboxylic acids is 1. The maximum atomic E-state index is 13.9. The minimum absolute atomic E-state index is 0.0933. The van der Waals surface area contributed by atoms with Gasteiger partial charge in [-0.25, -0.2) is 20.0 Å². The number of hydrogen-bond donors (Lipinski definition) is 3. The van der Waals surface area contributed by atoms with Gasteiger partial charge in [0.05, 0.1) is 22.7 Å². The van der Waals surface area contributed by atoms with Gasteiger partial charge in [-0.3, -0.25) is 14.8 Å². The first-order chi connectivity index (χ1) is 9.97. The maximum absolute atomic E-state index is 13.9. The van der Waals surface area contributed by atoms with Crippen molar-refractivity contribution < 1.29 is 19.1 Å². The minimum Gasteiger partial charge on any atom is -0.475 e. The van der Waals surface area contributed by atoms with Crippen molar-refractivity contribution in [2.45, 2.75) is 0 Å². The Morgan fingerprint density at radius 3 is 2.90 bits per heavy atom. The van der Waals surface area contributed by atoms with Gasteiger partial charge in [-0.15, -0.1) is 0 Å². The van der Waals surface area contributed by atoms with Crippen molar-refractivity contribution in [1.29, 1.82) is 0 Å². The van der Waals surface area contributed by atoms with Crippen molar-refractivity contribution in [3.63, 3.8) is 0 Å². The third kappa shape index (κ3) is 2.49. The Kier molecular flexibility index (Phi) is 3.76. The third-order valence-corrected chi connectivity index (χ3v) is 2.66. The molecule has 0 atom stereocenters. The number of nitrogens with zero attached hydrogens (tertiary/aromatic N) is 3. The zero-order valence-electron chi connectivity index (χ0n) is 10.6. The van der Waals surface area contributed by atoms with Gasteiger partial charge in [0.25, 0.3) is 5.78 Å². The smallest absolute Gasteiger partial charge is 0.377 e. The average Bonchev–Trinajstić information content (AvgIpc) is 2.89. The summed E-state index contributed by atoms with van der Waals surface area (Å²) in [5.41, 5.74) is -0.214. The number of Topliss-reactive ketones (excluding diaryl/α,β-unsaturated/α-hetero) is 1. The van der Waals surface area contributed by atoms with Crippen LogP contribution in [0.5, 0.6) is 0 Å². The summed E-state index contributed by atoms with van der Waals surface area (Å²) >= 11 is 0. The highest BCUT2D eigenvalue weighted by molar-refractivity contribution is 6.42. The lowest BCUT2D eigenvalue weighted by atomic mass is 10.1. The molecule has 0 bridgehead atoms. The largest absolute Gasteiger partial charge is 0.475 e. The first-order valence-corrected chi connectivity index (χ1v) is 5.57. The van der Waals surface area contributed by atoms with E-state index in [9.17, 15) is 14.0 Å². The molecule has 0 aliphatic heterocycles. The number of fused-ring (bicyclic) bond motifs is 1. The number of nitrogens with two attached hydrogens (primary N) is 1. The predicted octanol–water partition coefficient (Wildman–Crippen LogP) is 0.821. The van der Waals surface area contributed by atoms with Crippen LogP contribution >= 0.6 is 0 Å². The highest BCUT2D eigenvalue weighted by atomic mass is 19.1. The van der Waals surface area contributed by atoms with Crippen molar-refractivity contribution in [2.75, 3.05) is 5.01 Å². The molecule has 2 aromatic rings. The first-order valence-electron chi connectivity index (χ1n) is 5.57. The Morgan fingerprint density at radius 1 is 1.57 bits per heavy atom. The molecule has 9 heteroatoms. The predicted molar refractivity (Wildman–Crippen MR) is 73.4 cm³/mol. The fourth-order valence-corrected chi connectivity index (χ4v) is 1.77. The molecule has 0 aliphatic carbocycles. The highest BCUT2D eigenvalue weighted by Gasteiger charge is 2.23. The SMILES string of the molecule is C=N/C=C\N(N)c1ncc(F)c2c(C(=O)C(=O)O)c[nH]c12. The summed E-state index contributed by atoms with van der Waals surface area (Å²) < 4.78 is 13.9. The van der Waals surface area contributed by atoms with Crippen LogP contribution in [0.3, 0.4) is 0 Å². The van der Waals surface area contributed by atoms with Crippen LogP contribution in [0.2, 0.25) is 0 Å². The number of nitrogens with one attached hydrogen (secondary N) is 1. The first kappa shape index (κ1) is 14.3. The van der Waals surface area contributed by atoms with Gasteiger partial charge in [0.2, 0.25) is 0 Å². The fourth-order valence-electron chi connectivity index (χ4n) is 1.77. The monoisotopic (exact) mass is 291 g/mol. The maximum Gasteiger partial charge on any atom is 0.377 e. The van der Waals surface area contributed by atoms with Gasteiger partial charge in [-0.1, -0.05) is 0 Å². The number of halogens is 1. The highest BCUT2D eigenvalue weighted by Crippen LogP contribution is 2.28. The zero-order valence-corrected chi connectivity index (χ0v) is 10.6. The standard InChI is InChI=1S/C12H10FN5O3/c1-15-2-3-18(14)11-9-8(7(13)5-17-11)6(4-16-9)10(19)12(20)21/h2-5,16H,1,14H2,(H,20,21)/b3-2-. The molecule has 2 aromatic heterocycles. The van der Waals surface area contributed by atoms with Gasteiger partial charge in [-0.05, 0) is 6.72 Å². The van der Waals surface area contributed by atoms with E-state index in [1.807, 2.05) is 0 Å². The van der Waals surface area contributed by atoms with Crippen LogP contribution < -0.4 is 10.9 Å². The Hall–Kier alpha value is -3.07. The van der Waals surface area contributed by atoms with Crippen LogP contribution in [0.1, 0.15) is 10.4 Å². The lowest BCUT2D eigenvalue weighted by molar-refractivity contribution is -0.131. The van der Waals surface area contributed by atoms with Crippen molar-refractivity contribution >= 4 is 35.2 Å². The summed E-state index contributed by atoms with van der Waals surface area (Å²) in [5, 5.41) is 9.57. The normalized spacial score (nSPS) is 11.0. The molecule has 0 fully saturated rings. The Balaban J connectivity index is 2.65. The van der Waals surface area contributed by atoms with E-state index in [1.54, 1.807) is 0 Å². The summed E-state index contributed by atoms with van der Waals surface area (Å²) in [7, 11) is 0. The molecule has 0 spiro atoms. The van der Waals surface area contributed by atoms with Gasteiger partial charge < -0.3 is 10.1 Å². The topological polar surface area (TPSA) is 125 Å². The van der Waals surface area contributed by atoms with Crippen LogP contribution in [-0.2, 0) is 4.79 Å². The molecule has 8 nitrogen and oxygen atoms in total. The van der Waals surface area contributed by atoms with E-state index < -0.39 is 17.6 Å². The van der Waals surface area contributed by atoms with E-state index in [4.69, 9.17) is 10.9 Å². The summed E-state index contributed by atoms with van der Waals surface area (Å²) in [6.07, 6.45) is 4.53. The Labute approximate surface area is 117 Å². The molecule has 2 heterocycles. The molecule has 2 rings (SSSR count). The van der Waals surface area contributed by atoms with Crippen molar-refractivity contribution in [1.82, 2.24) is 9.97 Å². The van der Waals surface area contributed by atoms with E-state index in [2.05, 4.69) is 21.7 Å². The number of H-pyrrole nitrogens is 1. The molecule has 0 amide bonds. The lowest BCUT2D eigenvalue weighted by Crippen LogP contribution is -2.25. The zero-order chi connectivity index (χ0) is 15.6. The number of hydrogen-bond acceptors (Lipinski definition) is 6. The van der Waals surface area contributed by atoms with E-state index >= 15 is 0 Å².